The first-order valence-corrected chi connectivity index (χ1v) is 6.61. The number of rotatable bonds is 3. The van der Waals surface area contributed by atoms with Gasteiger partial charge in [0.2, 0.25) is 0 Å². The zero-order chi connectivity index (χ0) is 13.0. The summed E-state index contributed by atoms with van der Waals surface area (Å²) in [5, 5.41) is 0. The van der Waals surface area contributed by atoms with Crippen LogP contribution in [0.15, 0.2) is 35.9 Å². The van der Waals surface area contributed by atoms with E-state index in [9.17, 15) is 4.79 Å². The molecule has 0 saturated heterocycles. The molecule has 0 bridgehead atoms. The van der Waals surface area contributed by atoms with Crippen molar-refractivity contribution < 1.29 is 4.79 Å². The van der Waals surface area contributed by atoms with Gasteiger partial charge in [0.05, 0.1) is 0 Å². The molecule has 0 heterocycles. The fourth-order valence-electron chi connectivity index (χ4n) is 2.56. The summed E-state index contributed by atoms with van der Waals surface area (Å²) in [5.41, 5.74) is 2.13. The van der Waals surface area contributed by atoms with Gasteiger partial charge in [-0.15, -0.1) is 0 Å². The second-order valence-corrected chi connectivity index (χ2v) is 5.30. The summed E-state index contributed by atoms with van der Waals surface area (Å²) in [4.78, 5) is 14.5. The van der Waals surface area contributed by atoms with E-state index in [1.165, 1.54) is 0 Å². The van der Waals surface area contributed by atoms with Crippen LogP contribution in [0.25, 0.3) is 6.08 Å². The standard InChI is InChI=1S/C16H21NO/c1-17(2)12-15-10-6-9-14(16(15)18)11-13-7-4-3-5-8-13/h3-5,7-8,11,15H,6,9-10,12H2,1-2H3/b14-11+/t15-/m0/s1. The predicted octanol–water partition coefficient (Wildman–Crippen LogP) is 3.00. The van der Waals surface area contributed by atoms with Gasteiger partial charge in [-0.1, -0.05) is 30.3 Å². The zero-order valence-corrected chi connectivity index (χ0v) is 11.2. The molecule has 1 aromatic carbocycles. The zero-order valence-electron chi connectivity index (χ0n) is 11.2. The number of nitrogens with zero attached hydrogens (tertiary/aromatic N) is 1. The van der Waals surface area contributed by atoms with Crippen molar-refractivity contribution in [3.63, 3.8) is 0 Å². The van der Waals surface area contributed by atoms with Gasteiger partial charge in [-0.3, -0.25) is 4.79 Å². The molecule has 2 heteroatoms. The molecule has 1 aliphatic carbocycles. The van der Waals surface area contributed by atoms with Crippen LogP contribution >= 0.6 is 0 Å². The third-order valence-corrected chi connectivity index (χ3v) is 3.41. The molecular weight excluding hydrogens is 222 g/mol. The van der Waals surface area contributed by atoms with Crippen molar-refractivity contribution in [2.45, 2.75) is 19.3 Å². The van der Waals surface area contributed by atoms with Gasteiger partial charge in [0.25, 0.3) is 0 Å². The maximum atomic E-state index is 12.4. The van der Waals surface area contributed by atoms with Crippen LogP contribution in [0.5, 0.6) is 0 Å². The van der Waals surface area contributed by atoms with E-state index in [-0.39, 0.29) is 5.92 Å². The molecule has 18 heavy (non-hydrogen) atoms. The lowest BCUT2D eigenvalue weighted by atomic mass is 9.83. The van der Waals surface area contributed by atoms with Crippen LogP contribution in [0, 0.1) is 5.92 Å². The van der Waals surface area contributed by atoms with Gasteiger partial charge in [0.15, 0.2) is 5.78 Å². The maximum Gasteiger partial charge on any atom is 0.163 e. The minimum absolute atomic E-state index is 0.184. The van der Waals surface area contributed by atoms with E-state index in [0.29, 0.717) is 5.78 Å². The van der Waals surface area contributed by atoms with Crippen LogP contribution in [-0.2, 0) is 4.79 Å². The van der Waals surface area contributed by atoms with Crippen molar-refractivity contribution in [2.75, 3.05) is 20.6 Å². The van der Waals surface area contributed by atoms with Gasteiger partial charge in [-0.2, -0.15) is 0 Å². The Balaban J connectivity index is 2.14. The first kappa shape index (κ1) is 13.0. The lowest BCUT2D eigenvalue weighted by Crippen LogP contribution is -2.31. The molecule has 1 aliphatic rings. The molecule has 0 N–H and O–H groups in total. The second kappa shape index (κ2) is 5.96. The largest absolute Gasteiger partial charge is 0.309 e. The van der Waals surface area contributed by atoms with Gasteiger partial charge in [0, 0.05) is 12.5 Å². The third kappa shape index (κ3) is 3.30. The number of Topliss-reactive ketones (excluding diaryl/α,β-unsaturated/α-hetero) is 1. The Hall–Kier alpha value is -1.41. The minimum atomic E-state index is 0.184. The van der Waals surface area contributed by atoms with Crippen LogP contribution in [-0.4, -0.2) is 31.3 Å². The lowest BCUT2D eigenvalue weighted by molar-refractivity contribution is -0.120. The molecule has 2 rings (SSSR count). The van der Waals surface area contributed by atoms with Crippen LogP contribution in [0.1, 0.15) is 24.8 Å². The number of hydrogen-bond acceptors (Lipinski definition) is 2. The fraction of sp³-hybridized carbons (Fsp3) is 0.438. The van der Waals surface area contributed by atoms with Gasteiger partial charge in [-0.25, -0.2) is 0 Å². The Morgan fingerprint density at radius 2 is 2.00 bits per heavy atom. The monoisotopic (exact) mass is 243 g/mol. The highest BCUT2D eigenvalue weighted by Gasteiger charge is 2.26. The second-order valence-electron chi connectivity index (χ2n) is 5.30. The fourth-order valence-corrected chi connectivity index (χ4v) is 2.56. The summed E-state index contributed by atoms with van der Waals surface area (Å²) in [6.45, 7) is 0.866. The van der Waals surface area contributed by atoms with Crippen LogP contribution in [0.2, 0.25) is 0 Å². The van der Waals surface area contributed by atoms with E-state index in [1.54, 1.807) is 0 Å². The molecule has 0 unspecified atom stereocenters. The Labute approximate surface area is 109 Å². The SMILES string of the molecule is CN(C)C[C@@H]1CCC/C(=C\c2ccccc2)C1=O. The summed E-state index contributed by atoms with van der Waals surface area (Å²) >= 11 is 0. The highest BCUT2D eigenvalue weighted by Crippen LogP contribution is 2.27. The van der Waals surface area contributed by atoms with Crippen molar-refractivity contribution in [1.29, 1.82) is 0 Å². The average molecular weight is 243 g/mol. The number of allylic oxidation sites excluding steroid dienone is 1. The van der Waals surface area contributed by atoms with Crippen LogP contribution < -0.4 is 0 Å². The van der Waals surface area contributed by atoms with E-state index in [4.69, 9.17) is 0 Å². The van der Waals surface area contributed by atoms with Crippen molar-refractivity contribution in [1.82, 2.24) is 4.90 Å². The smallest absolute Gasteiger partial charge is 0.163 e. The van der Waals surface area contributed by atoms with Crippen LogP contribution in [0.4, 0.5) is 0 Å². The summed E-state index contributed by atoms with van der Waals surface area (Å²) in [6.07, 6.45) is 5.15. The predicted molar refractivity (Wildman–Crippen MR) is 75.3 cm³/mol. The molecule has 0 aliphatic heterocycles. The minimum Gasteiger partial charge on any atom is -0.309 e. The van der Waals surface area contributed by atoms with E-state index in [0.717, 1.165) is 36.9 Å². The molecule has 1 atom stereocenters. The first-order chi connectivity index (χ1) is 8.66. The van der Waals surface area contributed by atoms with Crippen molar-refractivity contribution in [3.8, 4) is 0 Å². The lowest BCUT2D eigenvalue weighted by Gasteiger charge is -2.25. The first-order valence-electron chi connectivity index (χ1n) is 6.61. The normalized spacial score (nSPS) is 22.7. The molecule has 0 spiro atoms. The summed E-state index contributed by atoms with van der Waals surface area (Å²) in [6, 6.07) is 10.1. The molecule has 0 radical (unpaired) electrons. The average Bonchev–Trinajstić information content (AvgIpc) is 2.35. The molecule has 1 aromatic rings. The number of ketones is 1. The molecule has 2 nitrogen and oxygen atoms in total. The molecule has 96 valence electrons. The Kier molecular flexibility index (Phi) is 4.32. The maximum absolute atomic E-state index is 12.4. The Morgan fingerprint density at radius 3 is 2.67 bits per heavy atom. The van der Waals surface area contributed by atoms with Gasteiger partial charge in [-0.05, 0) is 50.6 Å². The molecule has 1 saturated carbocycles. The number of hydrogen-bond donors (Lipinski definition) is 0. The molecule has 0 amide bonds. The quantitative estimate of drug-likeness (QED) is 0.761. The molecular formula is C16H21NO. The summed E-state index contributed by atoms with van der Waals surface area (Å²) in [7, 11) is 4.06. The molecule has 0 aromatic heterocycles. The number of carbonyl (C=O) groups is 1. The molecule has 1 fully saturated rings. The van der Waals surface area contributed by atoms with Crippen LogP contribution in [0.3, 0.4) is 0 Å². The van der Waals surface area contributed by atoms with Gasteiger partial charge >= 0.3 is 0 Å². The summed E-state index contributed by atoms with van der Waals surface area (Å²) < 4.78 is 0. The Bertz CT molecular complexity index is 434. The summed E-state index contributed by atoms with van der Waals surface area (Å²) in [5.74, 6) is 0.530. The van der Waals surface area contributed by atoms with E-state index in [1.807, 2.05) is 32.3 Å². The van der Waals surface area contributed by atoms with E-state index in [2.05, 4.69) is 23.1 Å². The van der Waals surface area contributed by atoms with Crippen molar-refractivity contribution in [2.24, 2.45) is 5.92 Å². The third-order valence-electron chi connectivity index (χ3n) is 3.41. The van der Waals surface area contributed by atoms with Crippen molar-refractivity contribution in [3.05, 3.63) is 41.5 Å². The van der Waals surface area contributed by atoms with E-state index < -0.39 is 0 Å². The topological polar surface area (TPSA) is 20.3 Å². The van der Waals surface area contributed by atoms with Gasteiger partial charge in [0.1, 0.15) is 0 Å². The highest BCUT2D eigenvalue weighted by atomic mass is 16.1. The number of carbonyl (C=O) groups excluding carboxylic acids is 1. The van der Waals surface area contributed by atoms with Gasteiger partial charge < -0.3 is 4.90 Å². The highest BCUT2D eigenvalue weighted by molar-refractivity contribution is 6.01. The Morgan fingerprint density at radius 1 is 1.28 bits per heavy atom. The number of benzene rings is 1. The van der Waals surface area contributed by atoms with Crippen molar-refractivity contribution >= 4 is 11.9 Å². The van der Waals surface area contributed by atoms with E-state index >= 15 is 0 Å².